The third kappa shape index (κ3) is 3.23. The molecule has 0 aliphatic carbocycles. The first kappa shape index (κ1) is 10.8. The van der Waals surface area contributed by atoms with Crippen LogP contribution in [-0.4, -0.2) is 13.7 Å². The molecule has 0 aliphatic rings. The highest BCUT2D eigenvalue weighted by Gasteiger charge is 1.99. The molecule has 0 unspecified atom stereocenters. The van der Waals surface area contributed by atoms with E-state index in [-0.39, 0.29) is 0 Å². The third-order valence-corrected chi connectivity index (χ3v) is 2.03. The van der Waals surface area contributed by atoms with Gasteiger partial charge in [0, 0.05) is 12.1 Å². The Morgan fingerprint density at radius 1 is 1.43 bits per heavy atom. The van der Waals surface area contributed by atoms with Gasteiger partial charge in [-0.1, -0.05) is 24.3 Å². The molecule has 1 aromatic carbocycles. The van der Waals surface area contributed by atoms with Crippen LogP contribution >= 0.6 is 0 Å². The fraction of sp³-hybridized carbons (Fsp3) is 0.333. The second kappa shape index (κ2) is 6.22. The monoisotopic (exact) mass is 191 g/mol. The van der Waals surface area contributed by atoms with Gasteiger partial charge in [-0.25, -0.2) is 0 Å². The summed E-state index contributed by atoms with van der Waals surface area (Å²) in [4.78, 5) is 0. The fourth-order valence-electron chi connectivity index (χ4n) is 1.28. The minimum atomic E-state index is 0.845. The maximum absolute atomic E-state index is 5.24. The lowest BCUT2D eigenvalue weighted by atomic mass is 10.2. The topological polar surface area (TPSA) is 21.3 Å². The number of methoxy groups -OCH3 is 1. The van der Waals surface area contributed by atoms with Crippen molar-refractivity contribution in [3.63, 3.8) is 0 Å². The van der Waals surface area contributed by atoms with E-state index >= 15 is 0 Å². The number of benzene rings is 1. The van der Waals surface area contributed by atoms with Crippen molar-refractivity contribution in [2.45, 2.75) is 13.0 Å². The molecule has 1 rings (SSSR count). The third-order valence-electron chi connectivity index (χ3n) is 2.03. The van der Waals surface area contributed by atoms with Crippen molar-refractivity contribution in [1.29, 1.82) is 0 Å². The van der Waals surface area contributed by atoms with Crippen molar-refractivity contribution in [3.8, 4) is 5.75 Å². The van der Waals surface area contributed by atoms with Crippen molar-refractivity contribution >= 4 is 0 Å². The van der Waals surface area contributed by atoms with Crippen LogP contribution in [0, 0.1) is 0 Å². The second-order valence-electron chi connectivity index (χ2n) is 3.07. The molecule has 0 saturated carbocycles. The molecule has 0 spiro atoms. The first-order valence-corrected chi connectivity index (χ1v) is 4.82. The molecule has 0 bridgehead atoms. The summed E-state index contributed by atoms with van der Waals surface area (Å²) in [6.45, 7) is 5.48. The molecule has 0 saturated heterocycles. The quantitative estimate of drug-likeness (QED) is 0.550. The van der Waals surface area contributed by atoms with Crippen molar-refractivity contribution in [3.05, 3.63) is 42.5 Å². The highest BCUT2D eigenvalue weighted by molar-refractivity contribution is 5.32. The Balaban J connectivity index is 2.44. The maximum Gasteiger partial charge on any atom is 0.123 e. The van der Waals surface area contributed by atoms with Gasteiger partial charge in [0.1, 0.15) is 5.75 Å². The van der Waals surface area contributed by atoms with Gasteiger partial charge in [0.25, 0.3) is 0 Å². The summed E-state index contributed by atoms with van der Waals surface area (Å²) in [5, 5.41) is 3.33. The van der Waals surface area contributed by atoms with Crippen LogP contribution in [-0.2, 0) is 6.54 Å². The van der Waals surface area contributed by atoms with Gasteiger partial charge >= 0.3 is 0 Å². The first-order valence-electron chi connectivity index (χ1n) is 4.82. The van der Waals surface area contributed by atoms with Gasteiger partial charge in [-0.05, 0) is 19.0 Å². The number of ether oxygens (including phenoxy) is 1. The van der Waals surface area contributed by atoms with E-state index in [9.17, 15) is 0 Å². The standard InChI is InChI=1S/C12H17NO/c1-3-4-9-13-10-11-7-5-6-8-12(11)14-2/h3,5-8,13H,1,4,9-10H2,2H3. The number of para-hydroxylation sites is 1. The summed E-state index contributed by atoms with van der Waals surface area (Å²) in [5.41, 5.74) is 1.19. The molecule has 1 aromatic rings. The molecule has 2 heteroatoms. The predicted octanol–water partition coefficient (Wildman–Crippen LogP) is 2.36. The van der Waals surface area contributed by atoms with Gasteiger partial charge < -0.3 is 10.1 Å². The molecule has 0 fully saturated rings. The molecule has 0 aliphatic heterocycles. The zero-order chi connectivity index (χ0) is 10.2. The maximum atomic E-state index is 5.24. The zero-order valence-corrected chi connectivity index (χ0v) is 8.62. The largest absolute Gasteiger partial charge is 0.496 e. The van der Waals surface area contributed by atoms with E-state index in [4.69, 9.17) is 4.74 Å². The van der Waals surface area contributed by atoms with Crippen LogP contribution in [0.3, 0.4) is 0 Å². The normalized spacial score (nSPS) is 9.79. The first-order chi connectivity index (χ1) is 6.88. The highest BCUT2D eigenvalue weighted by Crippen LogP contribution is 2.16. The van der Waals surface area contributed by atoms with Crippen LogP contribution in [0.1, 0.15) is 12.0 Å². The Kier molecular flexibility index (Phi) is 4.79. The lowest BCUT2D eigenvalue weighted by Gasteiger charge is -2.08. The fourth-order valence-corrected chi connectivity index (χ4v) is 1.28. The summed E-state index contributed by atoms with van der Waals surface area (Å²) in [6.07, 6.45) is 2.91. The van der Waals surface area contributed by atoms with Crippen LogP contribution in [0.15, 0.2) is 36.9 Å². The lowest BCUT2D eigenvalue weighted by Crippen LogP contribution is -2.14. The molecule has 76 valence electrons. The summed E-state index contributed by atoms with van der Waals surface area (Å²) in [5.74, 6) is 0.943. The van der Waals surface area contributed by atoms with Crippen molar-refractivity contribution in [1.82, 2.24) is 5.32 Å². The van der Waals surface area contributed by atoms with Gasteiger partial charge in [0.15, 0.2) is 0 Å². The van der Waals surface area contributed by atoms with E-state index in [0.717, 1.165) is 25.3 Å². The Hall–Kier alpha value is -1.28. The molecule has 1 N–H and O–H groups in total. The van der Waals surface area contributed by atoms with Crippen LogP contribution in [0.25, 0.3) is 0 Å². The van der Waals surface area contributed by atoms with E-state index < -0.39 is 0 Å². The molecular weight excluding hydrogens is 174 g/mol. The van der Waals surface area contributed by atoms with Crippen molar-refractivity contribution < 1.29 is 4.74 Å². The van der Waals surface area contributed by atoms with Crippen molar-refractivity contribution in [2.24, 2.45) is 0 Å². The molecule has 2 nitrogen and oxygen atoms in total. The Bertz CT molecular complexity index is 283. The molecule has 0 atom stereocenters. The summed E-state index contributed by atoms with van der Waals surface area (Å²) in [6, 6.07) is 8.05. The van der Waals surface area contributed by atoms with Gasteiger partial charge in [-0.2, -0.15) is 0 Å². The molecule has 0 radical (unpaired) electrons. The van der Waals surface area contributed by atoms with E-state index in [1.807, 2.05) is 24.3 Å². The van der Waals surface area contributed by atoms with Crippen molar-refractivity contribution in [2.75, 3.05) is 13.7 Å². The summed E-state index contributed by atoms with van der Waals surface area (Å²) in [7, 11) is 1.70. The lowest BCUT2D eigenvalue weighted by molar-refractivity contribution is 0.408. The number of rotatable bonds is 6. The van der Waals surface area contributed by atoms with Gasteiger partial charge in [-0.15, -0.1) is 6.58 Å². The Labute approximate surface area is 85.6 Å². The minimum absolute atomic E-state index is 0.845. The van der Waals surface area contributed by atoms with Gasteiger partial charge in [0.2, 0.25) is 0 Å². The Morgan fingerprint density at radius 2 is 2.21 bits per heavy atom. The van der Waals surface area contributed by atoms with E-state index in [0.29, 0.717) is 0 Å². The zero-order valence-electron chi connectivity index (χ0n) is 8.62. The predicted molar refractivity (Wildman–Crippen MR) is 59.5 cm³/mol. The smallest absolute Gasteiger partial charge is 0.123 e. The average Bonchev–Trinajstić information content (AvgIpc) is 2.25. The van der Waals surface area contributed by atoms with Gasteiger partial charge in [-0.3, -0.25) is 0 Å². The number of hydrogen-bond acceptors (Lipinski definition) is 2. The molecule has 0 amide bonds. The number of nitrogens with one attached hydrogen (secondary N) is 1. The second-order valence-corrected chi connectivity index (χ2v) is 3.07. The molecular formula is C12H17NO. The van der Waals surface area contributed by atoms with Gasteiger partial charge in [0.05, 0.1) is 7.11 Å². The highest BCUT2D eigenvalue weighted by atomic mass is 16.5. The SMILES string of the molecule is C=CCCNCc1ccccc1OC. The van der Waals surface area contributed by atoms with E-state index in [1.165, 1.54) is 5.56 Å². The van der Waals surface area contributed by atoms with Crippen LogP contribution in [0.2, 0.25) is 0 Å². The van der Waals surface area contributed by atoms with Crippen LogP contribution in [0.4, 0.5) is 0 Å². The Morgan fingerprint density at radius 3 is 2.93 bits per heavy atom. The number of hydrogen-bond donors (Lipinski definition) is 1. The van der Waals surface area contributed by atoms with Crippen LogP contribution < -0.4 is 10.1 Å². The van der Waals surface area contributed by atoms with E-state index in [1.54, 1.807) is 7.11 Å². The van der Waals surface area contributed by atoms with Crippen LogP contribution in [0.5, 0.6) is 5.75 Å². The summed E-state index contributed by atoms with van der Waals surface area (Å²) < 4.78 is 5.24. The minimum Gasteiger partial charge on any atom is -0.496 e. The molecule has 14 heavy (non-hydrogen) atoms. The molecule has 0 heterocycles. The summed E-state index contributed by atoms with van der Waals surface area (Å²) >= 11 is 0. The van der Waals surface area contributed by atoms with E-state index in [2.05, 4.69) is 18.0 Å². The average molecular weight is 191 g/mol. The molecule has 0 aromatic heterocycles.